The molecule has 25 heavy (non-hydrogen) atoms. The number of rotatable bonds is 7. The standard InChI is InChI=1S/C18H24N2O5/c1-5-24-10-13-9-12(7-8-14(13)23-4)16-15(17(21)25-6-2)11(3)19-18(22)20-16/h7-9,16H,5-6,10H2,1-4H3,(H2,19,20,22)/t16-/m0/s1. The molecule has 1 aliphatic rings. The molecule has 1 aromatic carbocycles. The summed E-state index contributed by atoms with van der Waals surface area (Å²) in [5.41, 5.74) is 2.46. The summed E-state index contributed by atoms with van der Waals surface area (Å²) in [6, 6.07) is 4.53. The van der Waals surface area contributed by atoms with Gasteiger partial charge in [0, 0.05) is 17.9 Å². The number of carbonyl (C=O) groups is 2. The number of allylic oxidation sites excluding steroid dienone is 1. The molecule has 7 nitrogen and oxygen atoms in total. The Labute approximate surface area is 147 Å². The highest BCUT2D eigenvalue weighted by atomic mass is 16.5. The van der Waals surface area contributed by atoms with Gasteiger partial charge in [-0.3, -0.25) is 0 Å². The topological polar surface area (TPSA) is 85.9 Å². The predicted molar refractivity (Wildman–Crippen MR) is 92.1 cm³/mol. The van der Waals surface area contributed by atoms with E-state index in [1.807, 2.05) is 19.1 Å². The lowest BCUT2D eigenvalue weighted by Gasteiger charge is -2.28. The summed E-state index contributed by atoms with van der Waals surface area (Å²) in [6.45, 7) is 6.55. The van der Waals surface area contributed by atoms with Crippen LogP contribution in [-0.4, -0.2) is 32.3 Å². The summed E-state index contributed by atoms with van der Waals surface area (Å²) in [4.78, 5) is 24.3. The Morgan fingerprint density at radius 1 is 1.24 bits per heavy atom. The van der Waals surface area contributed by atoms with Crippen molar-refractivity contribution in [2.45, 2.75) is 33.4 Å². The van der Waals surface area contributed by atoms with Gasteiger partial charge in [-0.05, 0) is 38.5 Å². The van der Waals surface area contributed by atoms with E-state index in [9.17, 15) is 9.59 Å². The van der Waals surface area contributed by atoms with Gasteiger partial charge in [0.15, 0.2) is 0 Å². The number of amides is 2. The third-order valence-corrected chi connectivity index (χ3v) is 3.86. The van der Waals surface area contributed by atoms with Gasteiger partial charge >= 0.3 is 12.0 Å². The van der Waals surface area contributed by atoms with E-state index in [0.29, 0.717) is 30.2 Å². The van der Waals surface area contributed by atoms with Crippen LogP contribution in [0.2, 0.25) is 0 Å². The molecule has 2 N–H and O–H groups in total. The summed E-state index contributed by atoms with van der Waals surface area (Å²) in [5, 5.41) is 5.40. The zero-order chi connectivity index (χ0) is 18.4. The van der Waals surface area contributed by atoms with Gasteiger partial charge in [0.1, 0.15) is 5.75 Å². The molecule has 1 atom stereocenters. The maximum Gasteiger partial charge on any atom is 0.338 e. The number of hydrogen-bond acceptors (Lipinski definition) is 5. The zero-order valence-electron chi connectivity index (χ0n) is 15.0. The highest BCUT2D eigenvalue weighted by Crippen LogP contribution is 2.31. The highest BCUT2D eigenvalue weighted by Gasteiger charge is 2.32. The average Bonchev–Trinajstić information content (AvgIpc) is 2.59. The van der Waals surface area contributed by atoms with Crippen molar-refractivity contribution in [2.24, 2.45) is 0 Å². The van der Waals surface area contributed by atoms with E-state index in [1.54, 1.807) is 27.0 Å². The van der Waals surface area contributed by atoms with Crippen LogP contribution in [0.15, 0.2) is 29.5 Å². The molecule has 0 unspecified atom stereocenters. The first-order chi connectivity index (χ1) is 12.0. The van der Waals surface area contributed by atoms with Gasteiger partial charge in [-0.2, -0.15) is 0 Å². The summed E-state index contributed by atoms with van der Waals surface area (Å²) < 4.78 is 16.0. The maximum atomic E-state index is 12.4. The molecule has 2 amide bonds. The summed E-state index contributed by atoms with van der Waals surface area (Å²) in [5.74, 6) is 0.232. The van der Waals surface area contributed by atoms with Gasteiger partial charge in [0.05, 0.1) is 31.9 Å². The van der Waals surface area contributed by atoms with Crippen LogP contribution in [0.4, 0.5) is 4.79 Å². The van der Waals surface area contributed by atoms with E-state index >= 15 is 0 Å². The maximum absolute atomic E-state index is 12.4. The Bertz CT molecular complexity index is 684. The number of nitrogens with one attached hydrogen (secondary N) is 2. The smallest absolute Gasteiger partial charge is 0.338 e. The molecular formula is C18H24N2O5. The molecule has 0 spiro atoms. The second kappa shape index (κ2) is 8.53. The van der Waals surface area contributed by atoms with Crippen LogP contribution in [0, 0.1) is 0 Å². The monoisotopic (exact) mass is 348 g/mol. The molecule has 1 aromatic rings. The Balaban J connectivity index is 2.44. The first kappa shape index (κ1) is 18.8. The molecule has 0 saturated heterocycles. The number of methoxy groups -OCH3 is 1. The van der Waals surface area contributed by atoms with Crippen LogP contribution < -0.4 is 15.4 Å². The lowest BCUT2D eigenvalue weighted by molar-refractivity contribution is -0.139. The lowest BCUT2D eigenvalue weighted by Crippen LogP contribution is -2.45. The molecule has 0 saturated carbocycles. The number of esters is 1. The van der Waals surface area contributed by atoms with E-state index in [-0.39, 0.29) is 12.6 Å². The van der Waals surface area contributed by atoms with Gasteiger partial charge in [-0.25, -0.2) is 9.59 Å². The van der Waals surface area contributed by atoms with Crippen molar-refractivity contribution in [3.8, 4) is 5.75 Å². The van der Waals surface area contributed by atoms with Gasteiger partial charge in [0.25, 0.3) is 0 Å². The van der Waals surface area contributed by atoms with Crippen molar-refractivity contribution in [2.75, 3.05) is 20.3 Å². The minimum atomic E-state index is -0.598. The fourth-order valence-corrected chi connectivity index (χ4v) is 2.73. The van der Waals surface area contributed by atoms with Crippen LogP contribution in [0.3, 0.4) is 0 Å². The van der Waals surface area contributed by atoms with E-state index in [1.165, 1.54) is 0 Å². The Morgan fingerprint density at radius 2 is 2.00 bits per heavy atom. The van der Waals surface area contributed by atoms with Gasteiger partial charge in [-0.15, -0.1) is 0 Å². The number of ether oxygens (including phenoxy) is 3. The molecule has 0 aromatic heterocycles. The summed E-state index contributed by atoms with van der Waals surface area (Å²) >= 11 is 0. The second-order valence-electron chi connectivity index (χ2n) is 5.50. The summed E-state index contributed by atoms with van der Waals surface area (Å²) in [6.07, 6.45) is 0. The number of benzene rings is 1. The second-order valence-corrected chi connectivity index (χ2v) is 5.50. The average molecular weight is 348 g/mol. The first-order valence-corrected chi connectivity index (χ1v) is 8.21. The highest BCUT2D eigenvalue weighted by molar-refractivity contribution is 5.95. The normalized spacial score (nSPS) is 17.0. The van der Waals surface area contributed by atoms with Crippen LogP contribution in [0.1, 0.15) is 37.9 Å². The molecule has 2 rings (SSSR count). The van der Waals surface area contributed by atoms with Crippen molar-refractivity contribution in [3.05, 3.63) is 40.6 Å². The van der Waals surface area contributed by atoms with E-state index in [4.69, 9.17) is 14.2 Å². The minimum absolute atomic E-state index is 0.258. The Hall–Kier alpha value is -2.54. The quantitative estimate of drug-likeness (QED) is 0.739. The third-order valence-electron chi connectivity index (χ3n) is 3.86. The first-order valence-electron chi connectivity index (χ1n) is 8.21. The Morgan fingerprint density at radius 3 is 2.64 bits per heavy atom. The van der Waals surface area contributed by atoms with Crippen LogP contribution in [0.25, 0.3) is 0 Å². The SMILES string of the molecule is CCOCc1cc([C@@H]2NC(=O)NC(C)=C2C(=O)OCC)ccc1OC. The number of urea groups is 1. The molecule has 0 aliphatic carbocycles. The van der Waals surface area contributed by atoms with Gasteiger partial charge in [0.2, 0.25) is 0 Å². The molecule has 7 heteroatoms. The van der Waals surface area contributed by atoms with Crippen LogP contribution in [0.5, 0.6) is 5.75 Å². The summed E-state index contributed by atoms with van der Waals surface area (Å²) in [7, 11) is 1.59. The molecule has 1 aliphatic heterocycles. The van der Waals surface area contributed by atoms with E-state index in [0.717, 1.165) is 11.1 Å². The molecule has 1 heterocycles. The van der Waals surface area contributed by atoms with Crippen molar-refractivity contribution in [3.63, 3.8) is 0 Å². The van der Waals surface area contributed by atoms with Crippen LogP contribution >= 0.6 is 0 Å². The largest absolute Gasteiger partial charge is 0.496 e. The molecule has 0 radical (unpaired) electrons. The zero-order valence-corrected chi connectivity index (χ0v) is 15.0. The fraction of sp³-hybridized carbons (Fsp3) is 0.444. The van der Waals surface area contributed by atoms with Crippen LogP contribution in [-0.2, 0) is 20.9 Å². The predicted octanol–water partition coefficient (Wildman–Crippen LogP) is 2.42. The number of carbonyl (C=O) groups excluding carboxylic acids is 2. The fourth-order valence-electron chi connectivity index (χ4n) is 2.73. The minimum Gasteiger partial charge on any atom is -0.496 e. The van der Waals surface area contributed by atoms with Crippen molar-refractivity contribution in [1.82, 2.24) is 10.6 Å². The molecule has 136 valence electrons. The molecular weight excluding hydrogens is 324 g/mol. The third kappa shape index (κ3) is 4.30. The Kier molecular flexibility index (Phi) is 6.41. The van der Waals surface area contributed by atoms with Crippen molar-refractivity contribution < 1.29 is 23.8 Å². The van der Waals surface area contributed by atoms with Crippen molar-refractivity contribution >= 4 is 12.0 Å². The van der Waals surface area contributed by atoms with E-state index < -0.39 is 12.0 Å². The van der Waals surface area contributed by atoms with Gasteiger partial charge < -0.3 is 24.8 Å². The van der Waals surface area contributed by atoms with Gasteiger partial charge in [-0.1, -0.05) is 6.07 Å². The molecule has 0 bridgehead atoms. The van der Waals surface area contributed by atoms with E-state index in [2.05, 4.69) is 10.6 Å². The molecule has 0 fully saturated rings. The van der Waals surface area contributed by atoms with Crippen molar-refractivity contribution in [1.29, 1.82) is 0 Å². The number of hydrogen-bond donors (Lipinski definition) is 2. The lowest BCUT2D eigenvalue weighted by atomic mass is 9.94.